The summed E-state index contributed by atoms with van der Waals surface area (Å²) in [5, 5.41) is 0. The van der Waals surface area contributed by atoms with Crippen molar-refractivity contribution < 1.29 is 9.53 Å². The van der Waals surface area contributed by atoms with Crippen LogP contribution in [-0.4, -0.2) is 50.7 Å². The molecule has 0 spiro atoms. The minimum atomic E-state index is -0.00132. The van der Waals surface area contributed by atoms with Gasteiger partial charge in [0.25, 0.3) is 0 Å². The number of esters is 1. The molecule has 1 aliphatic carbocycles. The Morgan fingerprint density at radius 1 is 1.47 bits per heavy atom. The van der Waals surface area contributed by atoms with Crippen LogP contribution in [0.1, 0.15) is 33.1 Å². The molecule has 1 saturated carbocycles. The molecule has 0 amide bonds. The maximum atomic E-state index is 11.6. The summed E-state index contributed by atoms with van der Waals surface area (Å²) in [6.45, 7) is 6.94. The minimum absolute atomic E-state index is 0.00132. The normalized spacial score (nSPS) is 28.9. The van der Waals surface area contributed by atoms with E-state index in [1.807, 2.05) is 6.92 Å². The fourth-order valence-electron chi connectivity index (χ4n) is 2.70. The van der Waals surface area contributed by atoms with Gasteiger partial charge < -0.3 is 0 Å². The Morgan fingerprint density at radius 2 is 2.12 bits per heavy atom. The molecule has 0 bridgehead atoms. The van der Waals surface area contributed by atoms with Crippen molar-refractivity contribution in [3.05, 3.63) is 0 Å². The average Bonchev–Trinajstić information content (AvgIpc) is 2.94. The average molecular weight is 302 g/mol. The van der Waals surface area contributed by atoms with Crippen LogP contribution in [-0.2, 0) is 9.53 Å². The summed E-state index contributed by atoms with van der Waals surface area (Å²) in [7, 11) is 0. The molecule has 1 unspecified atom stereocenters. The molecule has 3 atom stereocenters. The van der Waals surface area contributed by atoms with Gasteiger partial charge in [-0.1, -0.05) is 0 Å². The fraction of sp³-hybridized carbons (Fsp3) is 0.846. The third kappa shape index (κ3) is 2.91. The van der Waals surface area contributed by atoms with Gasteiger partial charge in [-0.3, -0.25) is 0 Å². The second-order valence-electron chi connectivity index (χ2n) is 5.08. The van der Waals surface area contributed by atoms with E-state index in [4.69, 9.17) is 4.74 Å². The molecule has 3 nitrogen and oxygen atoms in total. The Labute approximate surface area is 111 Å². The standard InChI is InChI=1S/C13H21NO2Se/c1-3-16-13(15)11-8-10(11)9(2)12(17)14-6-4-5-7-14/h9-11H,3-8H2,1-2H3/t9?,10-,11+/m1/s1. The van der Waals surface area contributed by atoms with Crippen LogP contribution in [0.25, 0.3) is 0 Å². The molecular formula is C13H21NO2Se. The molecule has 2 fully saturated rings. The van der Waals surface area contributed by atoms with Gasteiger partial charge >= 0.3 is 111 Å². The van der Waals surface area contributed by atoms with Gasteiger partial charge in [0, 0.05) is 0 Å². The van der Waals surface area contributed by atoms with Crippen molar-refractivity contribution >= 4 is 26.1 Å². The number of carbonyl (C=O) groups is 1. The van der Waals surface area contributed by atoms with Gasteiger partial charge in [-0.15, -0.1) is 0 Å². The molecule has 0 N–H and O–H groups in total. The molecule has 1 aliphatic heterocycles. The second kappa shape index (κ2) is 5.53. The first-order valence-electron chi connectivity index (χ1n) is 6.60. The summed E-state index contributed by atoms with van der Waals surface area (Å²) in [6, 6.07) is 0. The number of hydrogen-bond donors (Lipinski definition) is 0. The zero-order chi connectivity index (χ0) is 12.4. The number of carbonyl (C=O) groups excluding carboxylic acids is 1. The van der Waals surface area contributed by atoms with Gasteiger partial charge in [0.15, 0.2) is 0 Å². The molecule has 4 heteroatoms. The van der Waals surface area contributed by atoms with Crippen molar-refractivity contribution in [2.45, 2.75) is 33.1 Å². The number of rotatable bonds is 5. The fourth-order valence-corrected chi connectivity index (χ4v) is 3.45. The first kappa shape index (κ1) is 13.1. The van der Waals surface area contributed by atoms with Crippen LogP contribution in [0.3, 0.4) is 0 Å². The molecular weight excluding hydrogens is 281 g/mol. The third-order valence-corrected chi connectivity index (χ3v) is 5.20. The van der Waals surface area contributed by atoms with Crippen LogP contribution in [0.4, 0.5) is 0 Å². The number of hydrogen-bond acceptors (Lipinski definition) is 3. The van der Waals surface area contributed by atoms with E-state index < -0.39 is 0 Å². The summed E-state index contributed by atoms with van der Waals surface area (Å²) < 4.78 is 6.43. The first-order valence-corrected chi connectivity index (χ1v) is 7.46. The number of ether oxygens (including phenoxy) is 1. The van der Waals surface area contributed by atoms with Crippen LogP contribution in [0.2, 0.25) is 0 Å². The molecule has 0 aromatic rings. The van der Waals surface area contributed by atoms with Gasteiger partial charge in [0.05, 0.1) is 0 Å². The van der Waals surface area contributed by atoms with Crippen LogP contribution in [0, 0.1) is 17.8 Å². The predicted molar refractivity (Wildman–Crippen MR) is 69.0 cm³/mol. The Hall–Kier alpha value is -0.341. The van der Waals surface area contributed by atoms with E-state index in [0.29, 0.717) is 18.4 Å². The molecule has 17 heavy (non-hydrogen) atoms. The van der Waals surface area contributed by atoms with Crippen LogP contribution in [0.15, 0.2) is 0 Å². The second-order valence-corrected chi connectivity index (χ2v) is 5.96. The van der Waals surface area contributed by atoms with E-state index in [9.17, 15) is 4.79 Å². The molecule has 1 saturated heterocycles. The van der Waals surface area contributed by atoms with Crippen molar-refractivity contribution in [1.82, 2.24) is 4.90 Å². The zero-order valence-electron chi connectivity index (χ0n) is 10.6. The Bertz CT molecular complexity index is 313. The van der Waals surface area contributed by atoms with E-state index in [2.05, 4.69) is 27.4 Å². The van der Waals surface area contributed by atoms with Gasteiger partial charge in [0.1, 0.15) is 0 Å². The predicted octanol–water partition coefficient (Wildman–Crippen LogP) is 1.22. The topological polar surface area (TPSA) is 29.5 Å². The van der Waals surface area contributed by atoms with Crippen molar-refractivity contribution in [2.24, 2.45) is 17.8 Å². The van der Waals surface area contributed by atoms with E-state index >= 15 is 0 Å². The summed E-state index contributed by atoms with van der Waals surface area (Å²) in [4.78, 5) is 14.0. The van der Waals surface area contributed by atoms with Gasteiger partial charge in [-0.2, -0.15) is 0 Å². The molecule has 1 heterocycles. The Balaban J connectivity index is 1.83. The van der Waals surface area contributed by atoms with E-state index in [0.717, 1.165) is 6.42 Å². The van der Waals surface area contributed by atoms with Crippen molar-refractivity contribution in [1.29, 1.82) is 0 Å². The maximum absolute atomic E-state index is 11.6. The van der Waals surface area contributed by atoms with Crippen molar-refractivity contribution in [3.63, 3.8) is 0 Å². The first-order chi connectivity index (χ1) is 8.15. The van der Waals surface area contributed by atoms with Gasteiger partial charge in [-0.05, 0) is 0 Å². The zero-order valence-corrected chi connectivity index (χ0v) is 12.4. The molecule has 2 rings (SSSR count). The number of nitrogens with zero attached hydrogens (tertiary/aromatic N) is 1. The monoisotopic (exact) mass is 303 g/mol. The Kier molecular flexibility index (Phi) is 4.26. The van der Waals surface area contributed by atoms with Crippen LogP contribution in [0.5, 0.6) is 0 Å². The molecule has 0 aromatic carbocycles. The van der Waals surface area contributed by atoms with Crippen molar-refractivity contribution in [3.8, 4) is 0 Å². The van der Waals surface area contributed by atoms with Gasteiger partial charge in [-0.25, -0.2) is 0 Å². The molecule has 0 radical (unpaired) electrons. The summed E-state index contributed by atoms with van der Waals surface area (Å²) >= 11 is 3.22. The van der Waals surface area contributed by atoms with Gasteiger partial charge in [0.2, 0.25) is 0 Å². The van der Waals surface area contributed by atoms with E-state index in [1.54, 1.807) is 0 Å². The summed E-state index contributed by atoms with van der Waals surface area (Å²) in [5.41, 5.74) is 0. The van der Waals surface area contributed by atoms with Crippen molar-refractivity contribution in [2.75, 3.05) is 19.7 Å². The summed E-state index contributed by atoms with van der Waals surface area (Å²) in [6.07, 6.45) is 3.59. The molecule has 2 aliphatic rings. The number of likely N-dealkylation sites (tertiary alicyclic amines) is 1. The third-order valence-electron chi connectivity index (χ3n) is 3.88. The van der Waals surface area contributed by atoms with E-state index in [-0.39, 0.29) is 11.9 Å². The Morgan fingerprint density at radius 3 is 2.71 bits per heavy atom. The molecule has 96 valence electrons. The van der Waals surface area contributed by atoms with E-state index in [1.165, 1.54) is 30.5 Å². The quantitative estimate of drug-likeness (QED) is 0.565. The van der Waals surface area contributed by atoms with Crippen LogP contribution >= 0.6 is 0 Å². The molecule has 0 aromatic heterocycles. The summed E-state index contributed by atoms with van der Waals surface area (Å²) in [5.74, 6) is 1.11. The SMILES string of the molecule is CCOC(=O)[C@H]1C[C@@H]1C(C)C(=[Se])N1CCCC1. The van der Waals surface area contributed by atoms with Crippen LogP contribution < -0.4 is 0 Å².